The largest absolute Gasteiger partial charge is 0.361 e. The van der Waals surface area contributed by atoms with Crippen molar-refractivity contribution in [1.29, 1.82) is 0 Å². The van der Waals surface area contributed by atoms with Crippen LogP contribution in [-0.4, -0.2) is 27.2 Å². The first-order valence-corrected chi connectivity index (χ1v) is 6.96. The molecule has 0 aliphatic heterocycles. The van der Waals surface area contributed by atoms with Crippen molar-refractivity contribution in [3.05, 3.63) is 10.6 Å². The van der Waals surface area contributed by atoms with E-state index in [0.29, 0.717) is 5.75 Å². The second-order valence-corrected chi connectivity index (χ2v) is 6.09. The third-order valence-electron chi connectivity index (χ3n) is 1.96. The molecule has 1 atom stereocenters. The van der Waals surface area contributed by atoms with Gasteiger partial charge in [0, 0.05) is 33.7 Å². The Bertz CT molecular complexity index is 303. The molecule has 1 heterocycles. The molecule has 0 aliphatic rings. The molecule has 0 saturated carbocycles. The van der Waals surface area contributed by atoms with Gasteiger partial charge in [-0.3, -0.25) is 4.21 Å². The Labute approximate surface area is 91.4 Å². The Hall–Kier alpha value is -0.420. The smallest absolute Gasteiger partial charge is 0.183 e. The van der Waals surface area contributed by atoms with Crippen molar-refractivity contribution < 1.29 is 4.21 Å². The Kier molecular flexibility index (Phi) is 4.54. The summed E-state index contributed by atoms with van der Waals surface area (Å²) in [5.74, 6) is 1.44. The minimum Gasteiger partial charge on any atom is -0.361 e. The lowest BCUT2D eigenvalue weighted by Crippen LogP contribution is -2.11. The van der Waals surface area contributed by atoms with E-state index in [1.54, 1.807) is 11.3 Å². The van der Waals surface area contributed by atoms with Crippen molar-refractivity contribution in [3.63, 3.8) is 0 Å². The van der Waals surface area contributed by atoms with Gasteiger partial charge in [-0.25, -0.2) is 4.98 Å². The van der Waals surface area contributed by atoms with Gasteiger partial charge in [0.25, 0.3) is 0 Å². The van der Waals surface area contributed by atoms with Crippen LogP contribution in [0.2, 0.25) is 0 Å². The van der Waals surface area contributed by atoms with Crippen LogP contribution in [0.4, 0.5) is 5.13 Å². The minimum absolute atomic E-state index is 0.685. The fourth-order valence-electron chi connectivity index (χ4n) is 0.964. The normalized spacial score (nSPS) is 12.8. The highest BCUT2D eigenvalue weighted by Crippen LogP contribution is 2.20. The summed E-state index contributed by atoms with van der Waals surface area (Å²) < 4.78 is 11.1. The van der Waals surface area contributed by atoms with Gasteiger partial charge in [0.1, 0.15) is 0 Å². The number of hydrogen-bond donors (Lipinski definition) is 1. The van der Waals surface area contributed by atoms with Crippen LogP contribution in [0.15, 0.2) is 0 Å². The van der Waals surface area contributed by atoms with Crippen LogP contribution in [0.1, 0.15) is 17.5 Å². The van der Waals surface area contributed by atoms with Gasteiger partial charge in [-0.1, -0.05) is 6.92 Å². The molecule has 0 saturated heterocycles. The summed E-state index contributed by atoms with van der Waals surface area (Å²) in [5.41, 5.74) is 1.08. The van der Waals surface area contributed by atoms with Crippen LogP contribution in [0.5, 0.6) is 0 Å². The summed E-state index contributed by atoms with van der Waals surface area (Å²) in [4.78, 5) is 5.58. The van der Waals surface area contributed by atoms with Gasteiger partial charge in [0.2, 0.25) is 0 Å². The standard InChI is InChI=1S/C9H16N2OS2/c1-4-14(12)6-5-10-9-11-7(2)8(3)13-9/h4-6H2,1-3H3,(H,10,11). The van der Waals surface area contributed by atoms with E-state index in [-0.39, 0.29) is 0 Å². The lowest BCUT2D eigenvalue weighted by molar-refractivity contribution is 0.684. The molecule has 1 rings (SSSR count). The number of aryl methyl sites for hydroxylation is 2. The molecule has 0 amide bonds. The fourth-order valence-corrected chi connectivity index (χ4v) is 2.42. The first-order chi connectivity index (χ1) is 6.63. The first kappa shape index (κ1) is 11.7. The van der Waals surface area contributed by atoms with Crippen molar-refractivity contribution in [2.45, 2.75) is 20.8 Å². The summed E-state index contributed by atoms with van der Waals surface area (Å²) in [6.07, 6.45) is 0. The van der Waals surface area contributed by atoms with Gasteiger partial charge >= 0.3 is 0 Å². The van der Waals surface area contributed by atoms with Gasteiger partial charge in [0.05, 0.1) is 5.69 Å². The zero-order chi connectivity index (χ0) is 10.6. The SMILES string of the molecule is CCS(=O)CCNc1nc(C)c(C)s1. The third-order valence-corrected chi connectivity index (χ3v) is 4.29. The predicted octanol–water partition coefficient (Wildman–Crippen LogP) is 1.94. The van der Waals surface area contributed by atoms with E-state index in [2.05, 4.69) is 17.2 Å². The molecular weight excluding hydrogens is 216 g/mol. The first-order valence-electron chi connectivity index (χ1n) is 4.66. The second kappa shape index (κ2) is 5.46. The van der Waals surface area contributed by atoms with Gasteiger partial charge in [-0.2, -0.15) is 0 Å². The van der Waals surface area contributed by atoms with Crippen LogP contribution in [0.25, 0.3) is 0 Å². The second-order valence-electron chi connectivity index (χ2n) is 3.02. The highest BCUT2D eigenvalue weighted by Gasteiger charge is 2.02. The van der Waals surface area contributed by atoms with Crippen LogP contribution < -0.4 is 5.32 Å². The molecule has 0 bridgehead atoms. The number of anilines is 1. The van der Waals surface area contributed by atoms with Crippen molar-refractivity contribution in [3.8, 4) is 0 Å². The Morgan fingerprint density at radius 3 is 2.71 bits per heavy atom. The molecule has 0 aromatic carbocycles. The number of aromatic nitrogens is 1. The summed E-state index contributed by atoms with van der Waals surface area (Å²) >= 11 is 1.65. The Balaban J connectivity index is 2.35. The van der Waals surface area contributed by atoms with E-state index in [9.17, 15) is 4.21 Å². The van der Waals surface area contributed by atoms with Crippen LogP contribution in [-0.2, 0) is 10.8 Å². The minimum atomic E-state index is -0.685. The van der Waals surface area contributed by atoms with Gasteiger partial charge in [-0.15, -0.1) is 11.3 Å². The van der Waals surface area contributed by atoms with E-state index in [1.165, 1.54) is 4.88 Å². The van der Waals surface area contributed by atoms with E-state index in [0.717, 1.165) is 23.1 Å². The lowest BCUT2D eigenvalue weighted by Gasteiger charge is -2.00. The van der Waals surface area contributed by atoms with E-state index in [1.807, 2.05) is 13.8 Å². The average Bonchev–Trinajstić information content (AvgIpc) is 2.46. The summed E-state index contributed by atoms with van der Waals surface area (Å²) in [6.45, 7) is 6.74. The summed E-state index contributed by atoms with van der Waals surface area (Å²) in [7, 11) is -0.685. The van der Waals surface area contributed by atoms with Crippen molar-refractivity contribution in [1.82, 2.24) is 4.98 Å². The topological polar surface area (TPSA) is 42.0 Å². The number of hydrogen-bond acceptors (Lipinski definition) is 4. The maximum atomic E-state index is 11.1. The number of nitrogens with one attached hydrogen (secondary N) is 1. The van der Waals surface area contributed by atoms with Gasteiger partial charge < -0.3 is 5.32 Å². The molecule has 0 fully saturated rings. The quantitative estimate of drug-likeness (QED) is 0.843. The average molecular weight is 232 g/mol. The molecule has 0 aliphatic carbocycles. The maximum absolute atomic E-state index is 11.1. The zero-order valence-corrected chi connectivity index (χ0v) is 10.4. The maximum Gasteiger partial charge on any atom is 0.183 e. The van der Waals surface area contributed by atoms with E-state index in [4.69, 9.17) is 0 Å². The van der Waals surface area contributed by atoms with Crippen molar-refractivity contribution >= 4 is 27.3 Å². The molecule has 1 aromatic rings. The number of rotatable bonds is 5. The lowest BCUT2D eigenvalue weighted by atomic mass is 10.4. The summed E-state index contributed by atoms with van der Waals surface area (Å²) in [5, 5.41) is 4.12. The van der Waals surface area contributed by atoms with Crippen LogP contribution in [0, 0.1) is 13.8 Å². The van der Waals surface area contributed by atoms with E-state index < -0.39 is 10.8 Å². The molecule has 1 aromatic heterocycles. The van der Waals surface area contributed by atoms with Gasteiger partial charge in [-0.05, 0) is 13.8 Å². The molecule has 1 N–H and O–H groups in total. The third kappa shape index (κ3) is 3.38. The summed E-state index contributed by atoms with van der Waals surface area (Å²) in [6, 6.07) is 0. The number of thiazole rings is 1. The van der Waals surface area contributed by atoms with Gasteiger partial charge in [0.15, 0.2) is 5.13 Å². The van der Waals surface area contributed by atoms with E-state index >= 15 is 0 Å². The Morgan fingerprint density at radius 1 is 1.50 bits per heavy atom. The van der Waals surface area contributed by atoms with Crippen molar-refractivity contribution in [2.75, 3.05) is 23.4 Å². The molecule has 1 unspecified atom stereocenters. The molecule has 14 heavy (non-hydrogen) atoms. The Morgan fingerprint density at radius 2 is 2.21 bits per heavy atom. The molecule has 0 radical (unpaired) electrons. The molecule has 5 heteroatoms. The molecular formula is C9H16N2OS2. The van der Waals surface area contributed by atoms with Crippen LogP contribution >= 0.6 is 11.3 Å². The molecule has 80 valence electrons. The number of nitrogens with zero attached hydrogens (tertiary/aromatic N) is 1. The van der Waals surface area contributed by atoms with Crippen LogP contribution in [0.3, 0.4) is 0 Å². The highest BCUT2D eigenvalue weighted by molar-refractivity contribution is 7.84. The molecule has 3 nitrogen and oxygen atoms in total. The molecule has 0 spiro atoms. The predicted molar refractivity (Wildman–Crippen MR) is 63.6 cm³/mol. The highest BCUT2D eigenvalue weighted by atomic mass is 32.2. The van der Waals surface area contributed by atoms with Crippen molar-refractivity contribution in [2.24, 2.45) is 0 Å². The fraction of sp³-hybridized carbons (Fsp3) is 0.667. The zero-order valence-electron chi connectivity index (χ0n) is 8.79. The monoisotopic (exact) mass is 232 g/mol.